The summed E-state index contributed by atoms with van der Waals surface area (Å²) in [6.45, 7) is 4.59. The second kappa shape index (κ2) is 10.2. The van der Waals surface area contributed by atoms with E-state index in [0.29, 0.717) is 60.9 Å². The minimum absolute atomic E-state index is 0.166. The van der Waals surface area contributed by atoms with Crippen molar-refractivity contribution in [1.82, 2.24) is 29.0 Å². The van der Waals surface area contributed by atoms with Crippen molar-refractivity contribution in [1.29, 1.82) is 0 Å². The first-order valence-corrected chi connectivity index (χ1v) is 11.6. The normalized spacial score (nSPS) is 16.0. The Balaban J connectivity index is 1.58. The van der Waals surface area contributed by atoms with Crippen LogP contribution in [0.1, 0.15) is 26.2 Å². The van der Waals surface area contributed by atoms with Crippen LogP contribution in [0, 0.1) is 5.92 Å². The monoisotopic (exact) mass is 469 g/mol. The summed E-state index contributed by atoms with van der Waals surface area (Å²) in [5, 5.41) is 3.28. The molecule has 1 aliphatic rings. The Bertz CT molecular complexity index is 1280. The maximum atomic E-state index is 13.0. The molecule has 182 valence electrons. The third-order valence-corrected chi connectivity index (χ3v) is 6.07. The second-order valence-electron chi connectivity index (χ2n) is 8.68. The molecule has 1 amide bonds. The lowest BCUT2D eigenvalue weighted by molar-refractivity contribution is -0.126. The molecule has 11 heteroatoms. The number of carbonyl (C=O) groups excluding carboxylic acids is 1. The van der Waals surface area contributed by atoms with Crippen molar-refractivity contribution in [2.24, 2.45) is 5.92 Å². The van der Waals surface area contributed by atoms with Crippen LogP contribution in [-0.2, 0) is 22.6 Å². The fourth-order valence-electron chi connectivity index (χ4n) is 4.27. The number of imidazole rings is 1. The minimum atomic E-state index is -0.385. The molecule has 0 saturated carbocycles. The van der Waals surface area contributed by atoms with Crippen LogP contribution >= 0.6 is 0 Å². The number of H-pyrrole nitrogens is 1. The highest BCUT2D eigenvalue weighted by Gasteiger charge is 2.26. The molecule has 0 aliphatic carbocycles. The minimum Gasteiger partial charge on any atom is -0.385 e. The van der Waals surface area contributed by atoms with Crippen LogP contribution in [0.5, 0.6) is 0 Å². The summed E-state index contributed by atoms with van der Waals surface area (Å²) in [6, 6.07) is 3.70. The van der Waals surface area contributed by atoms with Crippen molar-refractivity contribution in [3.05, 3.63) is 39.2 Å². The Morgan fingerprint density at radius 3 is 2.68 bits per heavy atom. The SMILES string of the molecule is CCCn1c(=O)n(CCCOC)c(=O)c2[nH]c(-c3ccc(NCC4CC(=O)N(C)C4)nc3)nc21. The Morgan fingerprint density at radius 2 is 2.03 bits per heavy atom. The highest BCUT2D eigenvalue weighted by Crippen LogP contribution is 2.20. The predicted molar refractivity (Wildman–Crippen MR) is 129 cm³/mol. The highest BCUT2D eigenvalue weighted by atomic mass is 16.5. The van der Waals surface area contributed by atoms with Crippen molar-refractivity contribution < 1.29 is 9.53 Å². The van der Waals surface area contributed by atoms with E-state index in [4.69, 9.17) is 4.74 Å². The Labute approximate surface area is 196 Å². The summed E-state index contributed by atoms with van der Waals surface area (Å²) in [4.78, 5) is 51.6. The Morgan fingerprint density at radius 1 is 1.21 bits per heavy atom. The first-order chi connectivity index (χ1) is 16.4. The lowest BCUT2D eigenvalue weighted by atomic mass is 10.1. The Kier molecular flexibility index (Phi) is 7.11. The topological polar surface area (TPSA) is 127 Å². The zero-order valence-electron chi connectivity index (χ0n) is 19.8. The van der Waals surface area contributed by atoms with Crippen molar-refractivity contribution in [3.8, 4) is 11.4 Å². The predicted octanol–water partition coefficient (Wildman–Crippen LogP) is 1.29. The van der Waals surface area contributed by atoms with Crippen molar-refractivity contribution in [2.45, 2.75) is 39.3 Å². The van der Waals surface area contributed by atoms with Gasteiger partial charge in [-0.3, -0.25) is 18.7 Å². The number of pyridine rings is 1. The van der Waals surface area contributed by atoms with E-state index in [1.165, 1.54) is 4.57 Å². The molecule has 11 nitrogen and oxygen atoms in total. The molecule has 0 aromatic carbocycles. The average molecular weight is 470 g/mol. The van der Waals surface area contributed by atoms with Gasteiger partial charge in [-0.25, -0.2) is 14.8 Å². The van der Waals surface area contributed by atoms with Gasteiger partial charge in [0.1, 0.15) is 17.2 Å². The van der Waals surface area contributed by atoms with Crippen LogP contribution in [0.15, 0.2) is 27.9 Å². The summed E-state index contributed by atoms with van der Waals surface area (Å²) in [5.74, 6) is 1.60. The fourth-order valence-corrected chi connectivity index (χ4v) is 4.27. The highest BCUT2D eigenvalue weighted by molar-refractivity contribution is 5.78. The number of nitrogens with zero attached hydrogens (tertiary/aromatic N) is 5. The van der Waals surface area contributed by atoms with Crippen molar-refractivity contribution in [2.75, 3.05) is 39.2 Å². The summed E-state index contributed by atoms with van der Waals surface area (Å²) in [7, 11) is 3.41. The van der Waals surface area contributed by atoms with Crippen LogP contribution in [-0.4, -0.2) is 68.7 Å². The molecular weight excluding hydrogens is 438 g/mol. The summed E-state index contributed by atoms with van der Waals surface area (Å²) < 4.78 is 7.86. The summed E-state index contributed by atoms with van der Waals surface area (Å²) in [6.07, 6.45) is 3.51. The van der Waals surface area contributed by atoms with Crippen LogP contribution in [0.4, 0.5) is 5.82 Å². The first-order valence-electron chi connectivity index (χ1n) is 11.6. The summed E-state index contributed by atoms with van der Waals surface area (Å²) in [5.41, 5.74) is 0.620. The number of aryl methyl sites for hydroxylation is 1. The maximum Gasteiger partial charge on any atom is 0.332 e. The molecule has 0 bridgehead atoms. The summed E-state index contributed by atoms with van der Waals surface area (Å²) >= 11 is 0. The number of ether oxygens (including phenoxy) is 1. The van der Waals surface area contributed by atoms with Gasteiger partial charge in [-0.15, -0.1) is 0 Å². The quantitative estimate of drug-likeness (QED) is 0.428. The third kappa shape index (κ3) is 4.74. The number of aromatic amines is 1. The fraction of sp³-hybridized carbons (Fsp3) is 0.522. The molecule has 0 radical (unpaired) electrons. The number of hydrogen-bond acceptors (Lipinski definition) is 7. The Hall–Kier alpha value is -3.47. The van der Waals surface area contributed by atoms with Gasteiger partial charge >= 0.3 is 5.69 Å². The van der Waals surface area contributed by atoms with Crippen molar-refractivity contribution in [3.63, 3.8) is 0 Å². The second-order valence-corrected chi connectivity index (χ2v) is 8.68. The van der Waals surface area contributed by atoms with Crippen LogP contribution < -0.4 is 16.6 Å². The van der Waals surface area contributed by atoms with Gasteiger partial charge in [0.25, 0.3) is 5.56 Å². The molecule has 1 aliphatic heterocycles. The lowest BCUT2D eigenvalue weighted by Crippen LogP contribution is -2.40. The molecule has 4 heterocycles. The number of rotatable bonds is 10. The van der Waals surface area contributed by atoms with Gasteiger partial charge in [-0.2, -0.15) is 0 Å². The van der Waals surface area contributed by atoms with E-state index < -0.39 is 0 Å². The van der Waals surface area contributed by atoms with E-state index in [9.17, 15) is 14.4 Å². The van der Waals surface area contributed by atoms with Gasteiger partial charge in [0.2, 0.25) is 5.91 Å². The van der Waals surface area contributed by atoms with E-state index in [1.807, 2.05) is 26.1 Å². The van der Waals surface area contributed by atoms with E-state index in [2.05, 4.69) is 20.3 Å². The van der Waals surface area contributed by atoms with Gasteiger partial charge in [0, 0.05) is 71.0 Å². The number of methoxy groups -OCH3 is 1. The molecule has 1 atom stereocenters. The lowest BCUT2D eigenvalue weighted by Gasteiger charge is -2.11. The average Bonchev–Trinajstić information content (AvgIpc) is 3.41. The van der Waals surface area contributed by atoms with Crippen LogP contribution in [0.3, 0.4) is 0 Å². The van der Waals surface area contributed by atoms with Gasteiger partial charge in [-0.05, 0) is 25.0 Å². The van der Waals surface area contributed by atoms with E-state index >= 15 is 0 Å². The number of likely N-dealkylation sites (tertiary alicyclic amines) is 1. The molecule has 1 fully saturated rings. The molecular formula is C23H31N7O4. The maximum absolute atomic E-state index is 13.0. The smallest absolute Gasteiger partial charge is 0.332 e. The number of fused-ring (bicyclic) bond motifs is 1. The van der Waals surface area contributed by atoms with Gasteiger partial charge in [0.15, 0.2) is 5.65 Å². The van der Waals surface area contributed by atoms with Crippen LogP contribution in [0.25, 0.3) is 22.6 Å². The van der Waals surface area contributed by atoms with Gasteiger partial charge < -0.3 is 19.9 Å². The van der Waals surface area contributed by atoms with Crippen LogP contribution in [0.2, 0.25) is 0 Å². The number of amides is 1. The number of carbonyl (C=O) groups is 1. The zero-order chi connectivity index (χ0) is 24.2. The van der Waals surface area contributed by atoms with E-state index in [0.717, 1.165) is 13.0 Å². The standard InChI is InChI=1S/C23H31N7O4/c1-4-8-29-21-19(22(32)30(23(29)33)9-5-10-34-3)26-20(27-21)16-6-7-17(25-13-16)24-12-15-11-18(31)28(2)14-15/h6-7,13,15H,4-5,8-12,14H2,1-3H3,(H,24,25)(H,26,27). The van der Waals surface area contributed by atoms with Gasteiger partial charge in [0.05, 0.1) is 0 Å². The van der Waals surface area contributed by atoms with E-state index in [1.54, 1.807) is 22.8 Å². The molecule has 3 aromatic heterocycles. The molecule has 0 spiro atoms. The first kappa shape index (κ1) is 23.7. The molecule has 3 aromatic rings. The number of aromatic nitrogens is 5. The number of nitrogens with one attached hydrogen (secondary N) is 2. The molecule has 1 saturated heterocycles. The zero-order valence-corrected chi connectivity index (χ0v) is 19.8. The molecule has 4 rings (SSSR count). The van der Waals surface area contributed by atoms with Gasteiger partial charge in [-0.1, -0.05) is 6.92 Å². The molecule has 34 heavy (non-hydrogen) atoms. The number of hydrogen-bond donors (Lipinski definition) is 2. The third-order valence-electron chi connectivity index (χ3n) is 6.07. The van der Waals surface area contributed by atoms with E-state index in [-0.39, 0.29) is 29.6 Å². The molecule has 1 unspecified atom stereocenters. The van der Waals surface area contributed by atoms with Crippen molar-refractivity contribution >= 4 is 22.9 Å². The number of anilines is 1. The molecule has 2 N–H and O–H groups in total. The largest absolute Gasteiger partial charge is 0.385 e.